The molecule has 0 amide bonds. The first-order chi connectivity index (χ1) is 9.41. The number of anilines is 1. The number of nitrogens with two attached hydrogens (primary N) is 1. The van der Waals surface area contributed by atoms with E-state index in [1.54, 1.807) is 18.2 Å². The van der Waals surface area contributed by atoms with E-state index >= 15 is 0 Å². The van der Waals surface area contributed by atoms with Crippen LogP contribution in [0, 0.1) is 5.92 Å². The Labute approximate surface area is 121 Å². The van der Waals surface area contributed by atoms with Gasteiger partial charge >= 0.3 is 6.18 Å². The van der Waals surface area contributed by atoms with Crippen molar-refractivity contribution >= 4 is 17.3 Å². The van der Waals surface area contributed by atoms with Crippen molar-refractivity contribution in [2.24, 2.45) is 11.7 Å². The molecular weight excluding hydrogens is 289 g/mol. The predicted octanol–water partition coefficient (Wildman–Crippen LogP) is 3.62. The van der Waals surface area contributed by atoms with E-state index in [1.165, 1.54) is 0 Å². The molecule has 1 heterocycles. The summed E-state index contributed by atoms with van der Waals surface area (Å²) in [4.78, 5) is 1.81. The molecule has 1 aliphatic heterocycles. The molecule has 6 heteroatoms. The Balaban J connectivity index is 2.22. The zero-order chi connectivity index (χ0) is 14.8. The molecular formula is C14H18ClF3N2. The minimum atomic E-state index is -4.13. The van der Waals surface area contributed by atoms with Gasteiger partial charge in [-0.3, -0.25) is 0 Å². The van der Waals surface area contributed by atoms with E-state index in [-0.39, 0.29) is 13.0 Å². The maximum Gasteiger partial charge on any atom is 0.393 e. The quantitative estimate of drug-likeness (QED) is 0.924. The van der Waals surface area contributed by atoms with Crippen LogP contribution in [0.4, 0.5) is 18.9 Å². The van der Waals surface area contributed by atoms with Gasteiger partial charge in [-0.2, -0.15) is 13.2 Å². The van der Waals surface area contributed by atoms with Crippen molar-refractivity contribution in [2.75, 3.05) is 24.5 Å². The Bertz CT molecular complexity index is 462. The summed E-state index contributed by atoms with van der Waals surface area (Å²) in [6.07, 6.45) is -2.75. The standard InChI is InChI=1S/C14H18ClF3N2/c15-12-3-4-13(10(8-12)5-6-19)20-7-1-2-11(9-20)14(16,17)18/h3-4,8,11H,1-2,5-7,9,19H2. The van der Waals surface area contributed by atoms with Gasteiger partial charge in [0.05, 0.1) is 5.92 Å². The summed E-state index contributed by atoms with van der Waals surface area (Å²) in [6.45, 7) is 1.11. The zero-order valence-corrected chi connectivity index (χ0v) is 11.8. The summed E-state index contributed by atoms with van der Waals surface area (Å²) < 4.78 is 38.6. The fourth-order valence-corrected chi connectivity index (χ4v) is 2.88. The van der Waals surface area contributed by atoms with Gasteiger partial charge < -0.3 is 10.6 Å². The van der Waals surface area contributed by atoms with Gasteiger partial charge in [0, 0.05) is 23.8 Å². The molecule has 1 aliphatic rings. The summed E-state index contributed by atoms with van der Waals surface area (Å²) in [6, 6.07) is 5.31. The second-order valence-corrected chi connectivity index (χ2v) is 5.57. The first kappa shape index (κ1) is 15.4. The first-order valence-corrected chi connectivity index (χ1v) is 7.09. The molecule has 1 aromatic carbocycles. The zero-order valence-electron chi connectivity index (χ0n) is 11.1. The first-order valence-electron chi connectivity index (χ1n) is 6.72. The van der Waals surface area contributed by atoms with Gasteiger partial charge in [0.2, 0.25) is 0 Å². The van der Waals surface area contributed by atoms with E-state index in [0.717, 1.165) is 11.3 Å². The van der Waals surface area contributed by atoms with Crippen LogP contribution in [0.2, 0.25) is 5.02 Å². The molecule has 0 spiro atoms. The minimum Gasteiger partial charge on any atom is -0.371 e. The maximum atomic E-state index is 12.9. The van der Waals surface area contributed by atoms with E-state index in [0.29, 0.717) is 31.0 Å². The van der Waals surface area contributed by atoms with Crippen LogP contribution in [0.15, 0.2) is 18.2 Å². The van der Waals surface area contributed by atoms with Gasteiger partial charge in [-0.05, 0) is 49.6 Å². The number of nitrogens with zero attached hydrogens (tertiary/aromatic N) is 1. The Kier molecular flexibility index (Phi) is 4.81. The van der Waals surface area contributed by atoms with E-state index in [9.17, 15) is 13.2 Å². The Morgan fingerprint density at radius 3 is 2.75 bits per heavy atom. The average molecular weight is 307 g/mol. The molecule has 2 N–H and O–H groups in total. The van der Waals surface area contributed by atoms with Crippen LogP contribution in [-0.2, 0) is 6.42 Å². The maximum absolute atomic E-state index is 12.9. The lowest BCUT2D eigenvalue weighted by molar-refractivity contribution is -0.176. The summed E-state index contributed by atoms with van der Waals surface area (Å²) in [5.41, 5.74) is 7.31. The highest BCUT2D eigenvalue weighted by molar-refractivity contribution is 6.30. The van der Waals surface area contributed by atoms with Crippen LogP contribution in [0.5, 0.6) is 0 Å². The average Bonchev–Trinajstić information content (AvgIpc) is 2.38. The summed E-state index contributed by atoms with van der Waals surface area (Å²) >= 11 is 5.95. The van der Waals surface area contributed by atoms with Crippen molar-refractivity contribution in [1.82, 2.24) is 0 Å². The SMILES string of the molecule is NCCc1cc(Cl)ccc1N1CCCC(C(F)(F)F)C1. The Morgan fingerprint density at radius 2 is 2.10 bits per heavy atom. The van der Waals surface area contributed by atoms with Crippen LogP contribution in [0.1, 0.15) is 18.4 Å². The number of alkyl halides is 3. The lowest BCUT2D eigenvalue weighted by Crippen LogP contribution is -2.42. The molecule has 0 bridgehead atoms. The molecule has 112 valence electrons. The number of halogens is 4. The van der Waals surface area contributed by atoms with Gasteiger partial charge in [0.1, 0.15) is 0 Å². The van der Waals surface area contributed by atoms with Gasteiger partial charge in [-0.15, -0.1) is 0 Å². The normalized spacial score (nSPS) is 20.2. The molecule has 1 saturated heterocycles. The summed E-state index contributed by atoms with van der Waals surface area (Å²) in [5, 5.41) is 0.585. The molecule has 0 radical (unpaired) electrons. The van der Waals surface area contributed by atoms with Crippen LogP contribution in [0.3, 0.4) is 0 Å². The van der Waals surface area contributed by atoms with Gasteiger partial charge in [-0.25, -0.2) is 0 Å². The van der Waals surface area contributed by atoms with Crippen molar-refractivity contribution in [3.05, 3.63) is 28.8 Å². The van der Waals surface area contributed by atoms with Crippen LogP contribution in [-0.4, -0.2) is 25.8 Å². The lowest BCUT2D eigenvalue weighted by Gasteiger charge is -2.36. The monoisotopic (exact) mass is 306 g/mol. The van der Waals surface area contributed by atoms with Crippen molar-refractivity contribution in [3.63, 3.8) is 0 Å². The van der Waals surface area contributed by atoms with Crippen molar-refractivity contribution in [1.29, 1.82) is 0 Å². The number of benzene rings is 1. The third-order valence-corrected chi connectivity index (χ3v) is 3.92. The van der Waals surface area contributed by atoms with Crippen molar-refractivity contribution in [2.45, 2.75) is 25.4 Å². The molecule has 0 aromatic heterocycles. The molecule has 2 nitrogen and oxygen atoms in total. The largest absolute Gasteiger partial charge is 0.393 e. The van der Waals surface area contributed by atoms with Crippen molar-refractivity contribution in [3.8, 4) is 0 Å². The minimum absolute atomic E-state index is 0.0166. The summed E-state index contributed by atoms with van der Waals surface area (Å²) in [5.74, 6) is -1.25. The van der Waals surface area contributed by atoms with Gasteiger partial charge in [0.15, 0.2) is 0 Å². The smallest absolute Gasteiger partial charge is 0.371 e. The third-order valence-electron chi connectivity index (χ3n) is 3.68. The second-order valence-electron chi connectivity index (χ2n) is 5.14. The second kappa shape index (κ2) is 6.22. The highest BCUT2D eigenvalue weighted by Gasteiger charge is 2.42. The van der Waals surface area contributed by atoms with E-state index in [1.807, 2.05) is 4.90 Å². The molecule has 0 aliphatic carbocycles. The Morgan fingerprint density at radius 1 is 1.35 bits per heavy atom. The predicted molar refractivity (Wildman–Crippen MR) is 75.2 cm³/mol. The van der Waals surface area contributed by atoms with Gasteiger partial charge in [-0.1, -0.05) is 11.6 Å². The molecule has 2 rings (SSSR count). The molecule has 20 heavy (non-hydrogen) atoms. The number of piperidine rings is 1. The fraction of sp³-hybridized carbons (Fsp3) is 0.571. The topological polar surface area (TPSA) is 29.3 Å². The summed E-state index contributed by atoms with van der Waals surface area (Å²) in [7, 11) is 0. The molecule has 1 atom stereocenters. The van der Waals surface area contributed by atoms with Crippen LogP contribution in [0.25, 0.3) is 0 Å². The highest BCUT2D eigenvalue weighted by Crippen LogP contribution is 2.36. The number of hydrogen-bond acceptors (Lipinski definition) is 2. The molecule has 1 aromatic rings. The number of hydrogen-bond donors (Lipinski definition) is 1. The van der Waals surface area contributed by atoms with Crippen molar-refractivity contribution < 1.29 is 13.2 Å². The Hall–Kier alpha value is -0.940. The molecule has 1 fully saturated rings. The lowest BCUT2D eigenvalue weighted by atomic mass is 9.96. The van der Waals surface area contributed by atoms with Crippen LogP contribution >= 0.6 is 11.6 Å². The van der Waals surface area contributed by atoms with E-state index in [2.05, 4.69) is 0 Å². The highest BCUT2D eigenvalue weighted by atomic mass is 35.5. The van der Waals surface area contributed by atoms with E-state index in [4.69, 9.17) is 17.3 Å². The number of rotatable bonds is 3. The van der Waals surface area contributed by atoms with Gasteiger partial charge in [0.25, 0.3) is 0 Å². The van der Waals surface area contributed by atoms with Crippen LogP contribution < -0.4 is 10.6 Å². The third kappa shape index (κ3) is 3.58. The fourth-order valence-electron chi connectivity index (χ4n) is 2.68. The van der Waals surface area contributed by atoms with E-state index < -0.39 is 12.1 Å². The molecule has 1 unspecified atom stereocenters. The molecule has 0 saturated carbocycles.